The molecule has 2 rings (SSSR count). The Morgan fingerprint density at radius 2 is 1.71 bits per heavy atom. The number of nitrogens with one attached hydrogen (secondary N) is 1. The highest BCUT2D eigenvalue weighted by Gasteiger charge is 2.28. The van der Waals surface area contributed by atoms with Crippen LogP contribution < -0.4 is 5.32 Å². The van der Waals surface area contributed by atoms with E-state index in [2.05, 4.69) is 12.2 Å². The Bertz CT molecular complexity index is 764. The van der Waals surface area contributed by atoms with Crippen molar-refractivity contribution in [2.75, 3.05) is 6.54 Å². The third kappa shape index (κ3) is 6.38. The van der Waals surface area contributed by atoms with E-state index in [4.69, 9.17) is 11.6 Å². The maximum atomic E-state index is 13.2. The van der Waals surface area contributed by atoms with Gasteiger partial charge in [0.15, 0.2) is 0 Å². The van der Waals surface area contributed by atoms with Gasteiger partial charge in [-0.1, -0.05) is 80.4 Å². The SMILES string of the molecule is CCCCNC(=O)C(CC)N(Cc1ccccc1)C(=O)Cc1ccccc1Cl. The minimum absolute atomic E-state index is 0.0978. The van der Waals surface area contributed by atoms with Crippen molar-refractivity contribution in [1.82, 2.24) is 10.2 Å². The number of unbranched alkanes of at least 4 members (excludes halogenated alkanes) is 1. The number of rotatable bonds is 10. The van der Waals surface area contributed by atoms with Gasteiger partial charge in [-0.05, 0) is 30.0 Å². The van der Waals surface area contributed by atoms with Crippen LogP contribution in [0.2, 0.25) is 5.02 Å². The fourth-order valence-electron chi connectivity index (χ4n) is 3.11. The van der Waals surface area contributed by atoms with Gasteiger partial charge in [-0.25, -0.2) is 0 Å². The molecule has 5 heteroatoms. The van der Waals surface area contributed by atoms with Gasteiger partial charge in [0.05, 0.1) is 6.42 Å². The van der Waals surface area contributed by atoms with Crippen LogP contribution in [0.25, 0.3) is 0 Å². The van der Waals surface area contributed by atoms with Crippen LogP contribution in [0.15, 0.2) is 54.6 Å². The lowest BCUT2D eigenvalue weighted by Crippen LogP contribution is -2.49. The quantitative estimate of drug-likeness (QED) is 0.592. The van der Waals surface area contributed by atoms with Gasteiger partial charge in [0.2, 0.25) is 11.8 Å². The van der Waals surface area contributed by atoms with E-state index in [0.29, 0.717) is 24.5 Å². The maximum Gasteiger partial charge on any atom is 0.242 e. The molecule has 1 N–H and O–H groups in total. The molecule has 0 aliphatic heterocycles. The van der Waals surface area contributed by atoms with Crippen molar-refractivity contribution in [2.24, 2.45) is 0 Å². The molecule has 0 aliphatic carbocycles. The zero-order chi connectivity index (χ0) is 20.4. The van der Waals surface area contributed by atoms with Crippen molar-refractivity contribution in [3.8, 4) is 0 Å². The van der Waals surface area contributed by atoms with Crippen LogP contribution in [0.1, 0.15) is 44.2 Å². The van der Waals surface area contributed by atoms with Crippen LogP contribution in [0.5, 0.6) is 0 Å². The van der Waals surface area contributed by atoms with Gasteiger partial charge in [-0.2, -0.15) is 0 Å². The van der Waals surface area contributed by atoms with Gasteiger partial charge in [0.25, 0.3) is 0 Å². The van der Waals surface area contributed by atoms with E-state index in [1.807, 2.05) is 55.5 Å². The zero-order valence-electron chi connectivity index (χ0n) is 16.7. The monoisotopic (exact) mass is 400 g/mol. The van der Waals surface area contributed by atoms with Crippen LogP contribution in [0.4, 0.5) is 0 Å². The second-order valence-corrected chi connectivity index (χ2v) is 7.25. The van der Waals surface area contributed by atoms with E-state index in [9.17, 15) is 9.59 Å². The van der Waals surface area contributed by atoms with Crippen LogP contribution >= 0.6 is 11.6 Å². The van der Waals surface area contributed by atoms with Gasteiger partial charge < -0.3 is 10.2 Å². The molecule has 4 nitrogen and oxygen atoms in total. The molecule has 2 aromatic rings. The molecular weight excluding hydrogens is 372 g/mol. The zero-order valence-corrected chi connectivity index (χ0v) is 17.4. The van der Waals surface area contributed by atoms with E-state index in [-0.39, 0.29) is 18.2 Å². The minimum atomic E-state index is -0.507. The minimum Gasteiger partial charge on any atom is -0.354 e. The molecule has 28 heavy (non-hydrogen) atoms. The molecule has 0 saturated heterocycles. The van der Waals surface area contributed by atoms with Crippen LogP contribution in [-0.4, -0.2) is 29.3 Å². The molecule has 0 bridgehead atoms. The molecule has 0 aliphatic rings. The first-order chi connectivity index (χ1) is 13.6. The Hall–Kier alpha value is -2.33. The fraction of sp³-hybridized carbons (Fsp3) is 0.391. The Morgan fingerprint density at radius 1 is 1.04 bits per heavy atom. The summed E-state index contributed by atoms with van der Waals surface area (Å²) in [6, 6.07) is 16.6. The molecule has 1 atom stereocenters. The van der Waals surface area contributed by atoms with Crippen molar-refractivity contribution >= 4 is 23.4 Å². The Labute approximate surface area is 172 Å². The number of benzene rings is 2. The first kappa shape index (κ1) is 22.0. The second kappa shape index (κ2) is 11.5. The van der Waals surface area contributed by atoms with E-state index in [0.717, 1.165) is 24.0 Å². The third-order valence-electron chi connectivity index (χ3n) is 4.71. The first-order valence-corrected chi connectivity index (χ1v) is 10.3. The standard InChI is InChI=1S/C23H29ClN2O2/c1-3-5-15-25-23(28)21(4-2)26(17-18-11-7-6-8-12-18)22(27)16-19-13-9-10-14-20(19)24/h6-14,21H,3-5,15-17H2,1-2H3,(H,25,28). The number of carbonyl (C=O) groups is 2. The number of nitrogens with zero attached hydrogens (tertiary/aromatic N) is 1. The predicted molar refractivity (Wildman–Crippen MR) is 114 cm³/mol. The van der Waals surface area contributed by atoms with E-state index < -0.39 is 6.04 Å². The molecule has 150 valence electrons. The normalized spacial score (nSPS) is 11.7. The summed E-state index contributed by atoms with van der Waals surface area (Å²) in [5, 5.41) is 3.54. The first-order valence-electron chi connectivity index (χ1n) is 9.91. The Balaban J connectivity index is 2.22. The second-order valence-electron chi connectivity index (χ2n) is 6.84. The lowest BCUT2D eigenvalue weighted by molar-refractivity contribution is -0.140. The van der Waals surface area contributed by atoms with Crippen molar-refractivity contribution in [1.29, 1.82) is 0 Å². The number of halogens is 1. The topological polar surface area (TPSA) is 49.4 Å². The summed E-state index contributed by atoms with van der Waals surface area (Å²) in [6.45, 7) is 5.04. The highest BCUT2D eigenvalue weighted by atomic mass is 35.5. The Kier molecular flexibility index (Phi) is 9.02. The molecule has 0 radical (unpaired) electrons. The fourth-order valence-corrected chi connectivity index (χ4v) is 3.31. The van der Waals surface area contributed by atoms with Crippen molar-refractivity contribution in [2.45, 2.75) is 52.1 Å². The summed E-state index contributed by atoms with van der Waals surface area (Å²) in [5.41, 5.74) is 1.77. The highest BCUT2D eigenvalue weighted by molar-refractivity contribution is 6.31. The molecular formula is C23H29ClN2O2. The lowest BCUT2D eigenvalue weighted by atomic mass is 10.1. The van der Waals surface area contributed by atoms with Crippen molar-refractivity contribution in [3.63, 3.8) is 0 Å². The summed E-state index contributed by atoms with van der Waals surface area (Å²) in [7, 11) is 0. The number of carbonyl (C=O) groups excluding carboxylic acids is 2. The highest BCUT2D eigenvalue weighted by Crippen LogP contribution is 2.19. The smallest absolute Gasteiger partial charge is 0.242 e. The van der Waals surface area contributed by atoms with Gasteiger partial charge in [0, 0.05) is 18.1 Å². The molecule has 0 aromatic heterocycles. The average molecular weight is 401 g/mol. The molecule has 0 heterocycles. The predicted octanol–water partition coefficient (Wildman–Crippen LogP) is 4.61. The largest absolute Gasteiger partial charge is 0.354 e. The molecule has 2 amide bonds. The summed E-state index contributed by atoms with van der Waals surface area (Å²) in [6.07, 6.45) is 2.66. The molecule has 1 unspecified atom stereocenters. The van der Waals surface area contributed by atoms with Crippen molar-refractivity contribution in [3.05, 3.63) is 70.7 Å². The average Bonchev–Trinajstić information content (AvgIpc) is 2.70. The molecule has 0 spiro atoms. The van der Waals surface area contributed by atoms with Gasteiger partial charge >= 0.3 is 0 Å². The number of amides is 2. The third-order valence-corrected chi connectivity index (χ3v) is 5.08. The van der Waals surface area contributed by atoms with Crippen LogP contribution in [0.3, 0.4) is 0 Å². The van der Waals surface area contributed by atoms with Gasteiger partial charge in [0.1, 0.15) is 6.04 Å². The Morgan fingerprint density at radius 3 is 2.36 bits per heavy atom. The van der Waals surface area contributed by atoms with E-state index in [1.54, 1.807) is 11.0 Å². The van der Waals surface area contributed by atoms with Gasteiger partial charge in [-0.15, -0.1) is 0 Å². The molecule has 0 saturated carbocycles. The van der Waals surface area contributed by atoms with Gasteiger partial charge in [-0.3, -0.25) is 9.59 Å². The van der Waals surface area contributed by atoms with Crippen LogP contribution in [0, 0.1) is 0 Å². The number of hydrogen-bond acceptors (Lipinski definition) is 2. The summed E-state index contributed by atoms with van der Waals surface area (Å²) in [5.74, 6) is -0.200. The summed E-state index contributed by atoms with van der Waals surface area (Å²) < 4.78 is 0. The summed E-state index contributed by atoms with van der Waals surface area (Å²) >= 11 is 6.24. The molecule has 2 aromatic carbocycles. The van der Waals surface area contributed by atoms with Crippen LogP contribution in [-0.2, 0) is 22.6 Å². The van der Waals surface area contributed by atoms with Crippen molar-refractivity contribution < 1.29 is 9.59 Å². The lowest BCUT2D eigenvalue weighted by Gasteiger charge is -2.31. The summed E-state index contributed by atoms with van der Waals surface area (Å²) in [4.78, 5) is 27.6. The maximum absolute atomic E-state index is 13.2. The molecule has 0 fully saturated rings. The van der Waals surface area contributed by atoms with E-state index >= 15 is 0 Å². The van der Waals surface area contributed by atoms with E-state index in [1.165, 1.54) is 0 Å². The number of hydrogen-bond donors (Lipinski definition) is 1.